The number of carbonyl (C=O) groups excluding carboxylic acids is 2. The highest BCUT2D eigenvalue weighted by molar-refractivity contribution is 7.14. The number of ketones is 1. The number of hydrogen-bond acceptors (Lipinski definition) is 5. The van der Waals surface area contributed by atoms with Gasteiger partial charge in [-0.1, -0.05) is 24.3 Å². The summed E-state index contributed by atoms with van der Waals surface area (Å²) in [5.74, 6) is 0.681. The Morgan fingerprint density at radius 1 is 1.04 bits per heavy atom. The van der Waals surface area contributed by atoms with Gasteiger partial charge in [-0.05, 0) is 42.3 Å². The van der Waals surface area contributed by atoms with Crippen LogP contribution in [0.15, 0.2) is 59.2 Å². The highest BCUT2D eigenvalue weighted by Gasteiger charge is 2.11. The van der Waals surface area contributed by atoms with E-state index < -0.39 is 0 Å². The average Bonchev–Trinajstić information content (AvgIpc) is 3.36. The van der Waals surface area contributed by atoms with E-state index in [1.54, 1.807) is 6.26 Å². The normalized spacial score (nSPS) is 10.8. The smallest absolute Gasteiger partial charge is 0.220 e. The van der Waals surface area contributed by atoms with E-state index in [0.717, 1.165) is 21.8 Å². The first-order chi connectivity index (χ1) is 13.6. The molecule has 0 aliphatic heterocycles. The lowest BCUT2D eigenvalue weighted by Crippen LogP contribution is -2.23. The Hall–Kier alpha value is -2.70. The summed E-state index contributed by atoms with van der Waals surface area (Å²) >= 11 is 1.47. The molecule has 146 valence electrons. The summed E-state index contributed by atoms with van der Waals surface area (Å²) in [5, 5.41) is 2.87. The van der Waals surface area contributed by atoms with Crippen molar-refractivity contribution in [1.29, 1.82) is 0 Å². The Morgan fingerprint density at radius 2 is 1.89 bits per heavy atom. The highest BCUT2D eigenvalue weighted by Crippen LogP contribution is 2.17. The second-order valence-electron chi connectivity index (χ2n) is 6.50. The highest BCUT2D eigenvalue weighted by atomic mass is 32.1. The molecule has 3 aromatic rings. The van der Waals surface area contributed by atoms with E-state index in [1.165, 1.54) is 11.3 Å². The molecule has 0 radical (unpaired) electrons. The van der Waals surface area contributed by atoms with Crippen LogP contribution < -0.4 is 5.32 Å². The molecule has 0 unspecified atom stereocenters. The third-order valence-electron chi connectivity index (χ3n) is 4.17. The monoisotopic (exact) mass is 397 g/mol. The van der Waals surface area contributed by atoms with Crippen LogP contribution >= 0.6 is 11.3 Å². The minimum absolute atomic E-state index is 0.0175. The number of ether oxygens (including phenoxy) is 1. The third kappa shape index (κ3) is 6.18. The molecule has 28 heavy (non-hydrogen) atoms. The number of benzene rings is 1. The summed E-state index contributed by atoms with van der Waals surface area (Å²) in [6, 6.07) is 15.3. The molecule has 2 aromatic heterocycles. The zero-order valence-corrected chi connectivity index (χ0v) is 16.6. The van der Waals surface area contributed by atoms with Crippen LogP contribution in [0.2, 0.25) is 0 Å². The van der Waals surface area contributed by atoms with Crippen molar-refractivity contribution >= 4 is 23.0 Å². The van der Waals surface area contributed by atoms with Gasteiger partial charge in [-0.2, -0.15) is 0 Å². The molecule has 0 fully saturated rings. The first-order valence-corrected chi connectivity index (χ1v) is 9.96. The minimum Gasteiger partial charge on any atom is -0.467 e. The van der Waals surface area contributed by atoms with E-state index in [4.69, 9.17) is 9.15 Å². The second-order valence-corrected chi connectivity index (χ2v) is 7.79. The van der Waals surface area contributed by atoms with Gasteiger partial charge < -0.3 is 14.5 Å². The fourth-order valence-corrected chi connectivity index (χ4v) is 3.55. The van der Waals surface area contributed by atoms with Gasteiger partial charge in [-0.15, -0.1) is 11.3 Å². The molecule has 0 spiro atoms. The van der Waals surface area contributed by atoms with Crippen molar-refractivity contribution in [3.63, 3.8) is 0 Å². The van der Waals surface area contributed by atoms with Crippen molar-refractivity contribution in [2.24, 2.45) is 0 Å². The standard InChI is InChI=1S/C22H23NO4S/c1-16-7-9-21(28-16)20(24)8-10-22(25)23-13-17-4-2-5-18(12-17)14-26-15-19-6-3-11-27-19/h2-7,9,11-12H,8,10,13-15H2,1H3,(H,23,25). The van der Waals surface area contributed by atoms with Gasteiger partial charge in [0.25, 0.3) is 0 Å². The number of aryl methyl sites for hydroxylation is 1. The molecule has 2 heterocycles. The van der Waals surface area contributed by atoms with Crippen molar-refractivity contribution in [3.8, 4) is 0 Å². The lowest BCUT2D eigenvalue weighted by atomic mass is 10.1. The maximum Gasteiger partial charge on any atom is 0.220 e. The number of nitrogens with one attached hydrogen (secondary N) is 1. The number of thiophene rings is 1. The number of furan rings is 1. The Balaban J connectivity index is 1.39. The number of hydrogen-bond donors (Lipinski definition) is 1. The summed E-state index contributed by atoms with van der Waals surface area (Å²) in [6.45, 7) is 3.28. The predicted octanol–water partition coefficient (Wildman–Crippen LogP) is 4.65. The van der Waals surface area contributed by atoms with Crippen LogP contribution in [-0.4, -0.2) is 11.7 Å². The van der Waals surface area contributed by atoms with Gasteiger partial charge in [-0.25, -0.2) is 0 Å². The molecular formula is C22H23NO4S. The molecule has 0 saturated heterocycles. The molecule has 3 rings (SSSR count). The van der Waals surface area contributed by atoms with Crippen molar-refractivity contribution in [3.05, 3.63) is 81.4 Å². The summed E-state index contributed by atoms with van der Waals surface area (Å²) in [6.07, 6.45) is 2.05. The van der Waals surface area contributed by atoms with Crippen LogP contribution in [0.3, 0.4) is 0 Å². The summed E-state index contributed by atoms with van der Waals surface area (Å²) in [4.78, 5) is 25.9. The molecule has 1 amide bonds. The maximum absolute atomic E-state index is 12.1. The molecule has 5 nitrogen and oxygen atoms in total. The third-order valence-corrected chi connectivity index (χ3v) is 5.21. The van der Waals surface area contributed by atoms with Crippen LogP contribution in [0.5, 0.6) is 0 Å². The van der Waals surface area contributed by atoms with Gasteiger partial charge in [0.15, 0.2) is 5.78 Å². The Kier molecular flexibility index (Phi) is 7.17. The minimum atomic E-state index is -0.124. The van der Waals surface area contributed by atoms with Crippen molar-refractivity contribution in [1.82, 2.24) is 5.32 Å². The van der Waals surface area contributed by atoms with E-state index in [9.17, 15) is 9.59 Å². The first kappa shape index (κ1) is 20.0. The van der Waals surface area contributed by atoms with Crippen LogP contribution in [0.4, 0.5) is 0 Å². The summed E-state index contributed by atoms with van der Waals surface area (Å²) < 4.78 is 10.9. The second kappa shape index (κ2) is 10.0. The summed E-state index contributed by atoms with van der Waals surface area (Å²) in [5.41, 5.74) is 2.02. The molecule has 6 heteroatoms. The number of amides is 1. The fourth-order valence-electron chi connectivity index (χ4n) is 2.72. The van der Waals surface area contributed by atoms with Crippen LogP contribution in [-0.2, 0) is 29.3 Å². The van der Waals surface area contributed by atoms with Gasteiger partial charge >= 0.3 is 0 Å². The lowest BCUT2D eigenvalue weighted by Gasteiger charge is -2.08. The van der Waals surface area contributed by atoms with E-state index in [-0.39, 0.29) is 24.5 Å². The number of Topliss-reactive ketones (excluding diaryl/α,β-unsaturated/α-hetero) is 1. The zero-order chi connectivity index (χ0) is 19.8. The number of rotatable bonds is 10. The van der Waals surface area contributed by atoms with E-state index in [1.807, 2.05) is 55.5 Å². The molecule has 1 N–H and O–H groups in total. The van der Waals surface area contributed by atoms with Gasteiger partial charge in [-0.3, -0.25) is 9.59 Å². The van der Waals surface area contributed by atoms with Crippen LogP contribution in [0, 0.1) is 6.92 Å². The maximum atomic E-state index is 12.1. The van der Waals surface area contributed by atoms with E-state index in [2.05, 4.69) is 5.32 Å². The van der Waals surface area contributed by atoms with Gasteiger partial charge in [0.1, 0.15) is 12.4 Å². The molecule has 0 saturated carbocycles. The van der Waals surface area contributed by atoms with Crippen molar-refractivity contribution in [2.45, 2.75) is 39.5 Å². The molecule has 0 aliphatic carbocycles. The Labute approximate surface area is 168 Å². The van der Waals surface area contributed by atoms with Gasteiger partial charge in [0.2, 0.25) is 5.91 Å². The molecule has 0 aliphatic rings. The summed E-state index contributed by atoms with van der Waals surface area (Å²) in [7, 11) is 0. The number of carbonyl (C=O) groups is 2. The lowest BCUT2D eigenvalue weighted by molar-refractivity contribution is -0.121. The van der Waals surface area contributed by atoms with Gasteiger partial charge in [0.05, 0.1) is 17.7 Å². The molecule has 0 atom stereocenters. The van der Waals surface area contributed by atoms with E-state index >= 15 is 0 Å². The van der Waals surface area contributed by atoms with E-state index in [0.29, 0.717) is 24.6 Å². The van der Waals surface area contributed by atoms with Crippen LogP contribution in [0.1, 0.15) is 44.3 Å². The Bertz CT molecular complexity index is 914. The SMILES string of the molecule is Cc1ccc(C(=O)CCC(=O)NCc2cccc(COCc3ccco3)c2)s1. The largest absolute Gasteiger partial charge is 0.467 e. The van der Waals surface area contributed by atoms with Crippen molar-refractivity contribution in [2.75, 3.05) is 0 Å². The Morgan fingerprint density at radius 3 is 2.64 bits per heavy atom. The first-order valence-electron chi connectivity index (χ1n) is 9.14. The quantitative estimate of drug-likeness (QED) is 0.506. The molecule has 1 aromatic carbocycles. The predicted molar refractivity (Wildman–Crippen MR) is 108 cm³/mol. The average molecular weight is 397 g/mol. The fraction of sp³-hybridized carbons (Fsp3) is 0.273. The van der Waals surface area contributed by atoms with Crippen molar-refractivity contribution < 1.29 is 18.7 Å². The zero-order valence-electron chi connectivity index (χ0n) is 15.8. The van der Waals surface area contributed by atoms with Crippen LogP contribution in [0.25, 0.3) is 0 Å². The molecule has 0 bridgehead atoms. The topological polar surface area (TPSA) is 68.5 Å². The molecular weight excluding hydrogens is 374 g/mol. The van der Waals surface area contributed by atoms with Gasteiger partial charge in [0, 0.05) is 24.3 Å².